The molecule has 2 aromatic carbocycles. The summed E-state index contributed by atoms with van der Waals surface area (Å²) < 4.78 is 0. The molecular formula is C28H38N2O. The lowest BCUT2D eigenvalue weighted by molar-refractivity contribution is -0.122. The number of fused-ring (bicyclic) bond motifs is 1. The number of hydrogen-bond donors (Lipinski definition) is 1. The molecule has 2 fully saturated rings. The van der Waals surface area contributed by atoms with Gasteiger partial charge < -0.3 is 10.0 Å². The van der Waals surface area contributed by atoms with Crippen molar-refractivity contribution in [2.45, 2.75) is 57.6 Å². The van der Waals surface area contributed by atoms with Crippen LogP contribution in [0.2, 0.25) is 0 Å². The second-order valence-electron chi connectivity index (χ2n) is 9.22. The van der Waals surface area contributed by atoms with Crippen molar-refractivity contribution in [3.8, 4) is 0 Å². The van der Waals surface area contributed by atoms with E-state index in [9.17, 15) is 5.11 Å². The third-order valence-corrected chi connectivity index (χ3v) is 7.48. The summed E-state index contributed by atoms with van der Waals surface area (Å²) in [6.45, 7) is 8.34. The molecule has 0 bridgehead atoms. The van der Waals surface area contributed by atoms with Gasteiger partial charge in [-0.1, -0.05) is 67.5 Å². The van der Waals surface area contributed by atoms with E-state index in [0.717, 1.165) is 51.9 Å². The topological polar surface area (TPSA) is 26.7 Å². The molecule has 3 heteroatoms. The molecule has 0 aromatic heterocycles. The van der Waals surface area contributed by atoms with E-state index in [0.29, 0.717) is 5.92 Å². The molecule has 2 aromatic rings. The summed E-state index contributed by atoms with van der Waals surface area (Å²) >= 11 is 0. The van der Waals surface area contributed by atoms with Crippen molar-refractivity contribution in [3.63, 3.8) is 0 Å². The highest BCUT2D eigenvalue weighted by molar-refractivity contribution is 5.49. The minimum atomic E-state index is -0.500. The van der Waals surface area contributed by atoms with Gasteiger partial charge >= 0.3 is 0 Å². The van der Waals surface area contributed by atoms with Crippen molar-refractivity contribution < 1.29 is 5.11 Å². The van der Waals surface area contributed by atoms with Gasteiger partial charge in [0, 0.05) is 43.8 Å². The van der Waals surface area contributed by atoms with Crippen molar-refractivity contribution in [1.29, 1.82) is 0 Å². The first-order valence-electron chi connectivity index (χ1n) is 12.2. The number of aliphatic hydroxyl groups is 1. The average Bonchev–Trinajstić information content (AvgIpc) is 2.81. The molecule has 1 N–H and O–H groups in total. The molecule has 0 unspecified atom stereocenters. The molecule has 3 nitrogen and oxygen atoms in total. The standard InChI is InChI=1S/C28H38N2O/c1-3-29(4-2)25-17-15-24(16-18-25)27-26-14-8-9-19-28(26,31)20-22-30(27)21-10-13-23-11-6-5-7-12-23/h5-7,10-13,15-18,26-27,31H,3-4,8-9,14,19-22H2,1-2H3/b13-10+/t26-,27-,28+/m0/s1. The molecule has 166 valence electrons. The lowest BCUT2D eigenvalue weighted by atomic mass is 9.66. The van der Waals surface area contributed by atoms with Crippen LogP contribution in [0.3, 0.4) is 0 Å². The van der Waals surface area contributed by atoms with E-state index in [1.165, 1.54) is 23.2 Å². The van der Waals surface area contributed by atoms with Gasteiger partial charge in [-0.05, 0) is 56.4 Å². The van der Waals surface area contributed by atoms with Gasteiger partial charge in [0.25, 0.3) is 0 Å². The van der Waals surface area contributed by atoms with Crippen molar-refractivity contribution in [2.24, 2.45) is 5.92 Å². The largest absolute Gasteiger partial charge is 0.389 e. The maximum absolute atomic E-state index is 11.5. The molecule has 1 aliphatic heterocycles. The lowest BCUT2D eigenvalue weighted by Crippen LogP contribution is -2.54. The third-order valence-electron chi connectivity index (χ3n) is 7.48. The molecular weight excluding hydrogens is 380 g/mol. The summed E-state index contributed by atoms with van der Waals surface area (Å²) in [5.41, 5.74) is 3.39. The van der Waals surface area contributed by atoms with Crippen LogP contribution in [0, 0.1) is 5.92 Å². The molecule has 3 atom stereocenters. The first kappa shape index (κ1) is 22.1. The van der Waals surface area contributed by atoms with E-state index in [1.54, 1.807) is 0 Å². The zero-order valence-electron chi connectivity index (χ0n) is 19.2. The molecule has 1 saturated heterocycles. The van der Waals surface area contributed by atoms with Gasteiger partial charge in [0.2, 0.25) is 0 Å². The SMILES string of the molecule is CCN(CC)c1ccc([C@H]2[C@@H]3CCCC[C@@]3(O)CCN2C/C=C/c2ccccc2)cc1. The molecule has 4 rings (SSSR count). The fraction of sp³-hybridized carbons (Fsp3) is 0.500. The van der Waals surface area contributed by atoms with Crippen molar-refractivity contribution >= 4 is 11.8 Å². The molecule has 0 spiro atoms. The van der Waals surface area contributed by atoms with Gasteiger partial charge in [-0.25, -0.2) is 0 Å². The van der Waals surface area contributed by atoms with Gasteiger partial charge in [-0.2, -0.15) is 0 Å². The summed E-state index contributed by atoms with van der Waals surface area (Å²) in [4.78, 5) is 4.98. The number of anilines is 1. The Morgan fingerprint density at radius 1 is 1.00 bits per heavy atom. The summed E-state index contributed by atoms with van der Waals surface area (Å²) in [5.74, 6) is 0.319. The van der Waals surface area contributed by atoms with Crippen molar-refractivity contribution in [1.82, 2.24) is 4.90 Å². The Morgan fingerprint density at radius 2 is 1.74 bits per heavy atom. The molecule has 0 radical (unpaired) electrons. The Balaban J connectivity index is 1.59. The number of hydrogen-bond acceptors (Lipinski definition) is 3. The maximum Gasteiger partial charge on any atom is 0.0706 e. The highest BCUT2D eigenvalue weighted by Crippen LogP contribution is 2.49. The fourth-order valence-corrected chi connectivity index (χ4v) is 5.75. The predicted octanol–water partition coefficient (Wildman–Crippen LogP) is 5.91. The van der Waals surface area contributed by atoms with Gasteiger partial charge in [-0.3, -0.25) is 4.90 Å². The first-order chi connectivity index (χ1) is 15.1. The Hall–Kier alpha value is -2.10. The summed E-state index contributed by atoms with van der Waals surface area (Å²) in [7, 11) is 0. The highest BCUT2D eigenvalue weighted by Gasteiger charge is 2.48. The summed E-state index contributed by atoms with van der Waals surface area (Å²) in [6.07, 6.45) is 9.88. The highest BCUT2D eigenvalue weighted by atomic mass is 16.3. The van der Waals surface area contributed by atoms with E-state index in [4.69, 9.17) is 0 Å². The van der Waals surface area contributed by atoms with Crippen molar-refractivity contribution in [3.05, 3.63) is 71.8 Å². The molecule has 1 heterocycles. The van der Waals surface area contributed by atoms with Crippen LogP contribution in [-0.2, 0) is 0 Å². The number of benzene rings is 2. The van der Waals surface area contributed by atoms with E-state index >= 15 is 0 Å². The Morgan fingerprint density at radius 3 is 2.45 bits per heavy atom. The summed E-state index contributed by atoms with van der Waals surface area (Å²) in [5, 5.41) is 11.5. The number of nitrogens with zero attached hydrogens (tertiary/aromatic N) is 2. The Labute approximate surface area is 188 Å². The maximum atomic E-state index is 11.5. The van der Waals surface area contributed by atoms with Gasteiger partial charge in [0.1, 0.15) is 0 Å². The van der Waals surface area contributed by atoms with Gasteiger partial charge in [-0.15, -0.1) is 0 Å². The van der Waals surface area contributed by atoms with E-state index in [2.05, 4.69) is 90.4 Å². The van der Waals surface area contributed by atoms with Crippen LogP contribution in [0.5, 0.6) is 0 Å². The average molecular weight is 419 g/mol. The molecule has 31 heavy (non-hydrogen) atoms. The van der Waals surface area contributed by atoms with E-state index in [1.807, 2.05) is 0 Å². The van der Waals surface area contributed by atoms with Crippen LogP contribution in [0.4, 0.5) is 5.69 Å². The molecule has 1 saturated carbocycles. The molecule has 2 aliphatic rings. The molecule has 1 aliphatic carbocycles. The number of likely N-dealkylation sites (tertiary alicyclic amines) is 1. The zero-order chi connectivity index (χ0) is 21.7. The van der Waals surface area contributed by atoms with E-state index < -0.39 is 5.60 Å². The van der Waals surface area contributed by atoms with E-state index in [-0.39, 0.29) is 6.04 Å². The summed E-state index contributed by atoms with van der Waals surface area (Å²) in [6, 6.07) is 20.0. The first-order valence-corrected chi connectivity index (χ1v) is 12.2. The van der Waals surface area contributed by atoms with Gasteiger partial charge in [0.15, 0.2) is 0 Å². The van der Waals surface area contributed by atoms with Crippen LogP contribution in [-0.4, -0.2) is 41.8 Å². The number of piperidine rings is 1. The van der Waals surface area contributed by atoms with Gasteiger partial charge in [0.05, 0.1) is 5.60 Å². The second kappa shape index (κ2) is 10.0. The van der Waals surface area contributed by atoms with Crippen LogP contribution in [0.15, 0.2) is 60.7 Å². The molecule has 0 amide bonds. The van der Waals surface area contributed by atoms with Crippen LogP contribution in [0.1, 0.15) is 63.1 Å². The third kappa shape index (κ3) is 4.88. The second-order valence-corrected chi connectivity index (χ2v) is 9.22. The Kier molecular flexibility index (Phi) is 7.14. The predicted molar refractivity (Wildman–Crippen MR) is 131 cm³/mol. The zero-order valence-corrected chi connectivity index (χ0v) is 19.2. The lowest BCUT2D eigenvalue weighted by Gasteiger charge is -2.52. The monoisotopic (exact) mass is 418 g/mol. The fourth-order valence-electron chi connectivity index (χ4n) is 5.75. The minimum absolute atomic E-state index is 0.283. The van der Waals surface area contributed by atoms with Crippen LogP contribution < -0.4 is 4.90 Å². The Bertz CT molecular complexity index is 843. The van der Waals surface area contributed by atoms with Crippen LogP contribution in [0.25, 0.3) is 6.08 Å². The smallest absolute Gasteiger partial charge is 0.0706 e. The number of rotatable bonds is 7. The normalized spacial score (nSPS) is 26.7. The van der Waals surface area contributed by atoms with Crippen molar-refractivity contribution in [2.75, 3.05) is 31.1 Å². The quantitative estimate of drug-likeness (QED) is 0.605. The van der Waals surface area contributed by atoms with Crippen LogP contribution >= 0.6 is 0 Å². The minimum Gasteiger partial charge on any atom is -0.389 e.